The molecule has 1 aromatic carbocycles. The first-order valence-electron chi connectivity index (χ1n) is 6.64. The van der Waals surface area contributed by atoms with Crippen LogP contribution in [-0.2, 0) is 4.79 Å². The van der Waals surface area contributed by atoms with E-state index in [2.05, 4.69) is 34.3 Å². The number of aliphatic carboxylic acids is 1. The predicted octanol–water partition coefficient (Wildman–Crippen LogP) is 1.32. The maximum Gasteiger partial charge on any atom is 0.305 e. The Hall–Kier alpha value is -1.75. The molecule has 0 unspecified atom stereocenters. The highest BCUT2D eigenvalue weighted by Gasteiger charge is 2.13. The summed E-state index contributed by atoms with van der Waals surface area (Å²) in [6, 6.07) is 8.20. The van der Waals surface area contributed by atoms with Crippen LogP contribution in [0.2, 0.25) is 0 Å². The van der Waals surface area contributed by atoms with E-state index in [9.17, 15) is 4.79 Å². The Labute approximate surface area is 113 Å². The number of piperazine rings is 1. The second-order valence-corrected chi connectivity index (χ2v) is 4.91. The van der Waals surface area contributed by atoms with Crippen molar-refractivity contribution in [1.82, 2.24) is 4.90 Å². The van der Waals surface area contributed by atoms with E-state index < -0.39 is 5.97 Å². The maximum absolute atomic E-state index is 10.4. The van der Waals surface area contributed by atoms with Crippen LogP contribution in [0.5, 0.6) is 0 Å². The third-order valence-electron chi connectivity index (χ3n) is 3.40. The molecule has 1 saturated heterocycles. The number of carboxylic acids is 1. The SMILES string of the molecule is CN1CCN(c2ccc(NCCC(=O)O)cc2)CC1. The van der Waals surface area contributed by atoms with Crippen molar-refractivity contribution < 1.29 is 9.90 Å². The number of benzene rings is 1. The average molecular weight is 263 g/mol. The zero-order chi connectivity index (χ0) is 13.7. The van der Waals surface area contributed by atoms with Crippen LogP contribution in [0.3, 0.4) is 0 Å². The lowest BCUT2D eigenvalue weighted by atomic mass is 10.2. The molecule has 19 heavy (non-hydrogen) atoms. The van der Waals surface area contributed by atoms with Gasteiger partial charge in [-0.2, -0.15) is 0 Å². The highest BCUT2D eigenvalue weighted by molar-refractivity contribution is 5.67. The van der Waals surface area contributed by atoms with Crippen molar-refractivity contribution >= 4 is 17.3 Å². The average Bonchev–Trinajstić information content (AvgIpc) is 2.40. The second-order valence-electron chi connectivity index (χ2n) is 4.91. The minimum atomic E-state index is -0.776. The highest BCUT2D eigenvalue weighted by atomic mass is 16.4. The number of hydrogen-bond acceptors (Lipinski definition) is 4. The van der Waals surface area contributed by atoms with E-state index in [1.165, 1.54) is 5.69 Å². The molecule has 0 aromatic heterocycles. The van der Waals surface area contributed by atoms with Crippen LogP contribution in [-0.4, -0.2) is 55.7 Å². The van der Waals surface area contributed by atoms with Crippen LogP contribution in [0.1, 0.15) is 6.42 Å². The summed E-state index contributed by atoms with van der Waals surface area (Å²) in [6.45, 7) is 4.77. The summed E-state index contributed by atoms with van der Waals surface area (Å²) in [7, 11) is 2.15. The van der Waals surface area contributed by atoms with Gasteiger partial charge in [-0.25, -0.2) is 0 Å². The summed E-state index contributed by atoms with van der Waals surface area (Å²) in [5.41, 5.74) is 2.20. The van der Waals surface area contributed by atoms with Gasteiger partial charge in [0, 0.05) is 44.1 Å². The normalized spacial score (nSPS) is 16.4. The van der Waals surface area contributed by atoms with Crippen molar-refractivity contribution in [3.63, 3.8) is 0 Å². The van der Waals surface area contributed by atoms with Gasteiger partial charge in [-0.3, -0.25) is 4.79 Å². The molecule has 1 aliphatic heterocycles. The zero-order valence-corrected chi connectivity index (χ0v) is 11.3. The zero-order valence-electron chi connectivity index (χ0n) is 11.3. The number of likely N-dealkylation sites (N-methyl/N-ethyl adjacent to an activating group) is 1. The molecule has 5 heteroatoms. The maximum atomic E-state index is 10.4. The summed E-state index contributed by atoms with van der Waals surface area (Å²) >= 11 is 0. The van der Waals surface area contributed by atoms with Crippen molar-refractivity contribution in [3.8, 4) is 0 Å². The molecule has 2 N–H and O–H groups in total. The summed E-state index contributed by atoms with van der Waals surface area (Å²) in [4.78, 5) is 15.1. The van der Waals surface area contributed by atoms with E-state index in [-0.39, 0.29) is 6.42 Å². The Bertz CT molecular complexity index is 411. The van der Waals surface area contributed by atoms with Gasteiger partial charge in [0.1, 0.15) is 0 Å². The van der Waals surface area contributed by atoms with Crippen LogP contribution < -0.4 is 10.2 Å². The molecular formula is C14H21N3O2. The van der Waals surface area contributed by atoms with Gasteiger partial charge in [-0.15, -0.1) is 0 Å². The molecule has 0 amide bonds. The van der Waals surface area contributed by atoms with Crippen molar-refractivity contribution in [3.05, 3.63) is 24.3 Å². The lowest BCUT2D eigenvalue weighted by Crippen LogP contribution is -2.44. The van der Waals surface area contributed by atoms with Gasteiger partial charge in [-0.05, 0) is 31.3 Å². The van der Waals surface area contributed by atoms with Gasteiger partial charge >= 0.3 is 5.97 Å². The fraction of sp³-hybridized carbons (Fsp3) is 0.500. The van der Waals surface area contributed by atoms with Gasteiger partial charge in [-0.1, -0.05) is 0 Å². The third-order valence-corrected chi connectivity index (χ3v) is 3.40. The monoisotopic (exact) mass is 263 g/mol. The molecule has 0 atom stereocenters. The van der Waals surface area contributed by atoms with Crippen molar-refractivity contribution in [2.45, 2.75) is 6.42 Å². The Morgan fingerprint density at radius 3 is 2.42 bits per heavy atom. The molecule has 1 heterocycles. The predicted molar refractivity (Wildman–Crippen MR) is 76.9 cm³/mol. The molecular weight excluding hydrogens is 242 g/mol. The van der Waals surface area contributed by atoms with Gasteiger partial charge in [0.2, 0.25) is 0 Å². The van der Waals surface area contributed by atoms with Gasteiger partial charge in [0.05, 0.1) is 6.42 Å². The lowest BCUT2D eigenvalue weighted by Gasteiger charge is -2.34. The number of nitrogens with one attached hydrogen (secondary N) is 1. The minimum absolute atomic E-state index is 0.139. The van der Waals surface area contributed by atoms with Crippen LogP contribution in [0.25, 0.3) is 0 Å². The van der Waals surface area contributed by atoms with Gasteiger partial charge in [0.15, 0.2) is 0 Å². The molecule has 0 saturated carbocycles. The van der Waals surface area contributed by atoms with Gasteiger partial charge < -0.3 is 20.2 Å². The highest BCUT2D eigenvalue weighted by Crippen LogP contribution is 2.19. The van der Waals surface area contributed by atoms with E-state index in [1.54, 1.807) is 0 Å². The van der Waals surface area contributed by atoms with Crippen LogP contribution in [0.4, 0.5) is 11.4 Å². The molecule has 104 valence electrons. The van der Waals surface area contributed by atoms with Crippen LogP contribution in [0.15, 0.2) is 24.3 Å². The van der Waals surface area contributed by atoms with Crippen LogP contribution >= 0.6 is 0 Å². The number of rotatable bonds is 5. The molecule has 1 fully saturated rings. The quantitative estimate of drug-likeness (QED) is 0.839. The standard InChI is InChI=1S/C14H21N3O2/c1-16-8-10-17(11-9-16)13-4-2-12(3-5-13)15-7-6-14(18)19/h2-5,15H,6-11H2,1H3,(H,18,19). The number of nitrogens with zero attached hydrogens (tertiary/aromatic N) is 2. The summed E-state index contributed by atoms with van der Waals surface area (Å²) in [6.07, 6.45) is 0.139. The Kier molecular flexibility index (Phi) is 4.63. The van der Waals surface area contributed by atoms with E-state index in [1.807, 2.05) is 12.1 Å². The van der Waals surface area contributed by atoms with E-state index in [4.69, 9.17) is 5.11 Å². The van der Waals surface area contributed by atoms with E-state index in [0.29, 0.717) is 6.54 Å². The first-order valence-corrected chi connectivity index (χ1v) is 6.64. The van der Waals surface area contributed by atoms with Gasteiger partial charge in [0.25, 0.3) is 0 Å². The summed E-state index contributed by atoms with van der Waals surface area (Å²) < 4.78 is 0. The summed E-state index contributed by atoms with van der Waals surface area (Å²) in [5, 5.41) is 11.7. The van der Waals surface area contributed by atoms with Crippen molar-refractivity contribution in [1.29, 1.82) is 0 Å². The van der Waals surface area contributed by atoms with Crippen molar-refractivity contribution in [2.24, 2.45) is 0 Å². The van der Waals surface area contributed by atoms with Crippen LogP contribution in [0, 0.1) is 0 Å². The number of carboxylic acid groups (broad SMARTS) is 1. The number of anilines is 2. The fourth-order valence-electron chi connectivity index (χ4n) is 2.17. The number of carbonyl (C=O) groups is 1. The molecule has 1 aliphatic rings. The molecule has 0 bridgehead atoms. The minimum Gasteiger partial charge on any atom is -0.481 e. The fourth-order valence-corrected chi connectivity index (χ4v) is 2.17. The molecule has 5 nitrogen and oxygen atoms in total. The Morgan fingerprint density at radius 2 is 1.84 bits per heavy atom. The lowest BCUT2D eigenvalue weighted by molar-refractivity contribution is -0.136. The molecule has 0 radical (unpaired) electrons. The van der Waals surface area contributed by atoms with Crippen molar-refractivity contribution in [2.75, 3.05) is 50.0 Å². The third kappa shape index (κ3) is 4.13. The van der Waals surface area contributed by atoms with E-state index >= 15 is 0 Å². The largest absolute Gasteiger partial charge is 0.481 e. The molecule has 2 rings (SSSR count). The van der Waals surface area contributed by atoms with E-state index in [0.717, 1.165) is 31.9 Å². The molecule has 0 aliphatic carbocycles. The smallest absolute Gasteiger partial charge is 0.305 e. The second kappa shape index (κ2) is 6.43. The first kappa shape index (κ1) is 13.7. The Balaban J connectivity index is 1.85. The first-order chi connectivity index (χ1) is 9.15. The topological polar surface area (TPSA) is 55.8 Å². The Morgan fingerprint density at radius 1 is 1.21 bits per heavy atom. The molecule has 1 aromatic rings. The number of hydrogen-bond donors (Lipinski definition) is 2. The molecule has 0 spiro atoms. The summed E-state index contributed by atoms with van der Waals surface area (Å²) in [5.74, 6) is -0.776.